The van der Waals surface area contributed by atoms with Gasteiger partial charge in [0.25, 0.3) is 0 Å². The molecule has 1 atom stereocenters. The Morgan fingerprint density at radius 3 is 1.59 bits per heavy atom. The largest absolute Gasteiger partial charge is 0.311 e. The van der Waals surface area contributed by atoms with Crippen molar-refractivity contribution in [1.82, 2.24) is 5.32 Å². The first-order chi connectivity index (χ1) is 7.64. The number of hydrogen-bond acceptors (Lipinski definition) is 1. The van der Waals surface area contributed by atoms with Crippen LogP contribution in [0.5, 0.6) is 0 Å². The highest BCUT2D eigenvalue weighted by Gasteiger charge is 2.41. The summed E-state index contributed by atoms with van der Waals surface area (Å²) in [6, 6.07) is 0. The van der Waals surface area contributed by atoms with Crippen LogP contribution < -0.4 is 5.32 Å². The van der Waals surface area contributed by atoms with Crippen LogP contribution in [0.3, 0.4) is 0 Å². The molecule has 104 valence electrons. The zero-order valence-corrected chi connectivity index (χ0v) is 13.5. The first-order valence-electron chi connectivity index (χ1n) is 7.39. The zero-order valence-electron chi connectivity index (χ0n) is 13.5. The molecule has 0 rings (SSSR count). The van der Waals surface area contributed by atoms with Crippen molar-refractivity contribution in [2.45, 2.75) is 86.6 Å². The van der Waals surface area contributed by atoms with Gasteiger partial charge in [-0.05, 0) is 37.1 Å². The van der Waals surface area contributed by atoms with Gasteiger partial charge in [-0.3, -0.25) is 0 Å². The first kappa shape index (κ1) is 17.0. The average molecular weight is 241 g/mol. The fourth-order valence-electron chi connectivity index (χ4n) is 2.35. The molecular formula is C16H35N. The Morgan fingerprint density at radius 2 is 1.29 bits per heavy atom. The van der Waals surface area contributed by atoms with E-state index in [0.717, 1.165) is 6.54 Å². The average Bonchev–Trinajstić information content (AvgIpc) is 2.24. The third-order valence-corrected chi connectivity index (χ3v) is 4.91. The summed E-state index contributed by atoms with van der Waals surface area (Å²) >= 11 is 0. The van der Waals surface area contributed by atoms with Gasteiger partial charge in [-0.25, -0.2) is 0 Å². The Hall–Kier alpha value is -0.0400. The van der Waals surface area contributed by atoms with Crippen LogP contribution in [0.2, 0.25) is 0 Å². The van der Waals surface area contributed by atoms with Gasteiger partial charge in [-0.2, -0.15) is 0 Å². The molecule has 0 heterocycles. The quantitative estimate of drug-likeness (QED) is 0.661. The van der Waals surface area contributed by atoms with Gasteiger partial charge in [0.15, 0.2) is 0 Å². The minimum absolute atomic E-state index is 0.226. The molecule has 0 aromatic heterocycles. The normalized spacial score (nSPS) is 16.9. The lowest BCUT2D eigenvalue weighted by Gasteiger charge is -2.48. The monoisotopic (exact) mass is 241 g/mol. The Morgan fingerprint density at radius 1 is 0.824 bits per heavy atom. The van der Waals surface area contributed by atoms with Gasteiger partial charge in [-0.15, -0.1) is 0 Å². The van der Waals surface area contributed by atoms with E-state index in [-0.39, 0.29) is 5.54 Å². The maximum atomic E-state index is 3.81. The van der Waals surface area contributed by atoms with Gasteiger partial charge in [0.05, 0.1) is 0 Å². The second-order valence-electron chi connectivity index (χ2n) is 7.20. The molecule has 0 fully saturated rings. The highest BCUT2D eigenvalue weighted by atomic mass is 15.0. The summed E-state index contributed by atoms with van der Waals surface area (Å²) in [5.74, 6) is 0. The molecule has 0 radical (unpaired) electrons. The SMILES string of the molecule is CCCNC(C)(CC(C)(CC)CC)C(C)(C)C. The first-order valence-corrected chi connectivity index (χ1v) is 7.39. The van der Waals surface area contributed by atoms with Crippen molar-refractivity contribution in [2.24, 2.45) is 10.8 Å². The third-order valence-electron chi connectivity index (χ3n) is 4.91. The van der Waals surface area contributed by atoms with Gasteiger partial charge in [-0.1, -0.05) is 61.3 Å². The van der Waals surface area contributed by atoms with Crippen LogP contribution in [0.1, 0.15) is 81.1 Å². The summed E-state index contributed by atoms with van der Waals surface area (Å²) in [6.07, 6.45) is 5.00. The van der Waals surface area contributed by atoms with Gasteiger partial charge >= 0.3 is 0 Å². The van der Waals surface area contributed by atoms with Crippen LogP contribution in [0.4, 0.5) is 0 Å². The summed E-state index contributed by atoms with van der Waals surface area (Å²) in [5, 5.41) is 3.81. The van der Waals surface area contributed by atoms with E-state index < -0.39 is 0 Å². The van der Waals surface area contributed by atoms with Crippen LogP contribution >= 0.6 is 0 Å². The zero-order chi connectivity index (χ0) is 13.7. The molecule has 0 amide bonds. The highest BCUT2D eigenvalue weighted by Crippen LogP contribution is 2.42. The van der Waals surface area contributed by atoms with E-state index in [1.165, 1.54) is 25.7 Å². The van der Waals surface area contributed by atoms with E-state index in [2.05, 4.69) is 60.7 Å². The molecule has 0 aromatic carbocycles. The molecule has 0 spiro atoms. The van der Waals surface area contributed by atoms with E-state index in [1.54, 1.807) is 0 Å². The lowest BCUT2D eigenvalue weighted by molar-refractivity contribution is 0.0807. The van der Waals surface area contributed by atoms with Crippen molar-refractivity contribution in [3.63, 3.8) is 0 Å². The molecule has 17 heavy (non-hydrogen) atoms. The third kappa shape index (κ3) is 4.62. The van der Waals surface area contributed by atoms with Crippen molar-refractivity contribution in [3.05, 3.63) is 0 Å². The fraction of sp³-hybridized carbons (Fsp3) is 1.00. The predicted molar refractivity (Wildman–Crippen MR) is 79.5 cm³/mol. The Balaban J connectivity index is 4.94. The summed E-state index contributed by atoms with van der Waals surface area (Å²) in [5.41, 5.74) is 0.986. The van der Waals surface area contributed by atoms with Crippen molar-refractivity contribution >= 4 is 0 Å². The number of hydrogen-bond donors (Lipinski definition) is 1. The van der Waals surface area contributed by atoms with Crippen LogP contribution in [0, 0.1) is 10.8 Å². The molecule has 0 bridgehead atoms. The molecule has 1 nitrogen and oxygen atoms in total. The minimum atomic E-state index is 0.226. The topological polar surface area (TPSA) is 12.0 Å². The van der Waals surface area contributed by atoms with E-state index in [4.69, 9.17) is 0 Å². The predicted octanol–water partition coefficient (Wildman–Crippen LogP) is 5.01. The molecule has 0 saturated heterocycles. The van der Waals surface area contributed by atoms with Crippen LogP contribution in [0.25, 0.3) is 0 Å². The highest BCUT2D eigenvalue weighted by molar-refractivity contribution is 4.98. The van der Waals surface area contributed by atoms with Crippen molar-refractivity contribution in [3.8, 4) is 0 Å². The van der Waals surface area contributed by atoms with E-state index in [1.807, 2.05) is 0 Å². The fourth-order valence-corrected chi connectivity index (χ4v) is 2.35. The van der Waals surface area contributed by atoms with Gasteiger partial charge in [0, 0.05) is 5.54 Å². The molecule has 1 unspecified atom stereocenters. The Labute approximate surface area is 110 Å². The van der Waals surface area contributed by atoms with Gasteiger partial charge in [0.1, 0.15) is 0 Å². The van der Waals surface area contributed by atoms with Crippen molar-refractivity contribution in [2.75, 3.05) is 6.54 Å². The van der Waals surface area contributed by atoms with Crippen LogP contribution in [-0.4, -0.2) is 12.1 Å². The summed E-state index contributed by atoms with van der Waals surface area (Å²) < 4.78 is 0. The maximum absolute atomic E-state index is 3.81. The molecule has 1 heteroatoms. The summed E-state index contributed by atoms with van der Waals surface area (Å²) in [6.45, 7) is 20.0. The van der Waals surface area contributed by atoms with E-state index in [9.17, 15) is 0 Å². The molecule has 0 saturated carbocycles. The van der Waals surface area contributed by atoms with Gasteiger partial charge < -0.3 is 5.32 Å². The molecule has 0 aliphatic carbocycles. The molecule has 0 aromatic rings. The molecule has 1 N–H and O–H groups in total. The van der Waals surface area contributed by atoms with E-state index in [0.29, 0.717) is 10.8 Å². The minimum Gasteiger partial charge on any atom is -0.311 e. The summed E-state index contributed by atoms with van der Waals surface area (Å²) in [4.78, 5) is 0. The summed E-state index contributed by atoms with van der Waals surface area (Å²) in [7, 11) is 0. The second kappa shape index (κ2) is 6.22. The second-order valence-corrected chi connectivity index (χ2v) is 7.20. The standard InChI is InChI=1S/C16H35N/c1-9-12-17-16(8,14(4,5)6)13-15(7,10-2)11-3/h17H,9-13H2,1-8H3. The van der Waals surface area contributed by atoms with Crippen molar-refractivity contribution < 1.29 is 0 Å². The number of nitrogens with one attached hydrogen (secondary N) is 1. The Bertz CT molecular complexity index is 210. The van der Waals surface area contributed by atoms with Crippen molar-refractivity contribution in [1.29, 1.82) is 0 Å². The molecule has 0 aliphatic heterocycles. The maximum Gasteiger partial charge on any atom is 0.0206 e. The smallest absolute Gasteiger partial charge is 0.0206 e. The molecule has 0 aliphatic rings. The molecular weight excluding hydrogens is 206 g/mol. The lowest BCUT2D eigenvalue weighted by Crippen LogP contribution is -2.55. The van der Waals surface area contributed by atoms with Crippen LogP contribution in [-0.2, 0) is 0 Å². The lowest BCUT2D eigenvalue weighted by atomic mass is 9.64. The number of rotatable bonds is 7. The van der Waals surface area contributed by atoms with Gasteiger partial charge in [0.2, 0.25) is 0 Å². The Kier molecular flexibility index (Phi) is 6.21. The van der Waals surface area contributed by atoms with Crippen LogP contribution in [0.15, 0.2) is 0 Å². The van der Waals surface area contributed by atoms with E-state index >= 15 is 0 Å².